The Labute approximate surface area is 351 Å². The largest absolute Gasteiger partial charge is 0.756 e. The number of quaternary nitrogens is 1. The minimum Gasteiger partial charge on any atom is -0.756 e. The zero-order valence-corrected chi connectivity index (χ0v) is 38.2. The first-order valence-electron chi connectivity index (χ1n) is 22.8. The highest BCUT2D eigenvalue weighted by Crippen LogP contribution is 2.38. The van der Waals surface area contributed by atoms with E-state index in [4.69, 9.17) is 9.05 Å². The summed E-state index contributed by atoms with van der Waals surface area (Å²) in [6, 6.07) is -0.907. The van der Waals surface area contributed by atoms with Gasteiger partial charge in [-0.15, -0.1) is 0 Å². The first kappa shape index (κ1) is 54.9. The summed E-state index contributed by atoms with van der Waals surface area (Å²) in [5.74, 6) is -0.232. The van der Waals surface area contributed by atoms with Crippen LogP contribution in [0.25, 0.3) is 0 Å². The fourth-order valence-corrected chi connectivity index (χ4v) is 6.78. The molecule has 8 nitrogen and oxygen atoms in total. The van der Waals surface area contributed by atoms with Crippen LogP contribution in [0.5, 0.6) is 0 Å². The van der Waals surface area contributed by atoms with Gasteiger partial charge in [0.15, 0.2) is 0 Å². The summed E-state index contributed by atoms with van der Waals surface area (Å²) in [6.07, 6.45) is 52.3. The molecule has 0 fully saturated rings. The smallest absolute Gasteiger partial charge is 0.268 e. The molecular weight excluding hydrogens is 732 g/mol. The number of nitrogens with zero attached hydrogens (tertiary/aromatic N) is 1. The first-order valence-corrected chi connectivity index (χ1v) is 24.3. The van der Waals surface area contributed by atoms with Crippen molar-refractivity contribution in [1.29, 1.82) is 0 Å². The van der Waals surface area contributed by atoms with Gasteiger partial charge >= 0.3 is 0 Å². The number of aliphatic hydroxyl groups excluding tert-OH is 1. The number of hydrogen-bond acceptors (Lipinski definition) is 6. The number of carbonyl (C=O) groups is 1. The molecule has 57 heavy (non-hydrogen) atoms. The summed E-state index contributed by atoms with van der Waals surface area (Å²) < 4.78 is 23.2. The van der Waals surface area contributed by atoms with Gasteiger partial charge in [-0.1, -0.05) is 177 Å². The summed E-state index contributed by atoms with van der Waals surface area (Å²) in [5.41, 5.74) is 0. The standard InChI is InChI=1S/C48H87N2O6P/c1-6-8-10-12-14-16-18-20-22-24-25-26-28-30-32-34-36-38-40-42-48(52)49-46(45-56-57(53,54)55-44-43-50(3,4)5)47(51)41-39-37-35-33-31-29-27-23-21-19-17-15-13-11-9-7-2/h8,10,14,16,20,22,25-26,30,32,39,41,46-47,51H,6-7,9,11-13,15,17-19,21,23-24,27-29,31,33-38,40,42-45H2,1-5H3,(H-,49,52,53,54)/b10-8-,16-14-,22-20-,26-25-,32-30-,41-39+. The zero-order valence-electron chi connectivity index (χ0n) is 37.3. The minimum atomic E-state index is -4.60. The van der Waals surface area contributed by atoms with Gasteiger partial charge in [0.1, 0.15) is 13.2 Å². The number of hydrogen-bond donors (Lipinski definition) is 2. The van der Waals surface area contributed by atoms with Crippen LogP contribution >= 0.6 is 7.82 Å². The van der Waals surface area contributed by atoms with Crippen molar-refractivity contribution >= 4 is 13.7 Å². The highest BCUT2D eigenvalue weighted by Gasteiger charge is 2.23. The van der Waals surface area contributed by atoms with E-state index in [-0.39, 0.29) is 12.5 Å². The summed E-state index contributed by atoms with van der Waals surface area (Å²) >= 11 is 0. The Balaban J connectivity index is 4.50. The second kappa shape index (κ2) is 39.4. The van der Waals surface area contributed by atoms with Crippen LogP contribution in [0.2, 0.25) is 0 Å². The highest BCUT2D eigenvalue weighted by molar-refractivity contribution is 7.45. The number of nitrogens with one attached hydrogen (secondary N) is 1. The van der Waals surface area contributed by atoms with Gasteiger partial charge in [0.25, 0.3) is 7.82 Å². The van der Waals surface area contributed by atoms with Crippen molar-refractivity contribution < 1.29 is 32.9 Å². The molecule has 0 saturated carbocycles. The predicted molar refractivity (Wildman–Crippen MR) is 242 cm³/mol. The van der Waals surface area contributed by atoms with Gasteiger partial charge in [0.05, 0.1) is 39.9 Å². The lowest BCUT2D eigenvalue weighted by molar-refractivity contribution is -0.870. The van der Waals surface area contributed by atoms with E-state index in [1.807, 2.05) is 27.2 Å². The highest BCUT2D eigenvalue weighted by atomic mass is 31.2. The number of rotatable bonds is 40. The first-order chi connectivity index (χ1) is 27.5. The number of aliphatic hydroxyl groups is 1. The third-order valence-corrected chi connectivity index (χ3v) is 10.6. The minimum absolute atomic E-state index is 0.0113. The van der Waals surface area contributed by atoms with E-state index in [2.05, 4.69) is 79.9 Å². The van der Waals surface area contributed by atoms with Crippen LogP contribution in [0.15, 0.2) is 72.9 Å². The SMILES string of the molecule is CC/C=C\C/C=C\C/C=C\C/C=C\C/C=C\CCCCCC(=O)NC(COP(=O)([O-])OCC[N+](C)(C)C)C(O)/C=C/CCCCCCCCCCCCCCCC. The molecule has 0 aliphatic heterocycles. The molecule has 0 aromatic carbocycles. The number of carbonyl (C=O) groups excluding carboxylic acids is 1. The Kier molecular flexibility index (Phi) is 38.0. The molecular formula is C48H87N2O6P. The van der Waals surface area contributed by atoms with Crippen molar-refractivity contribution in [2.24, 2.45) is 0 Å². The van der Waals surface area contributed by atoms with Gasteiger partial charge in [-0.25, -0.2) is 0 Å². The normalized spacial score (nSPS) is 15.0. The van der Waals surface area contributed by atoms with E-state index in [9.17, 15) is 19.4 Å². The van der Waals surface area contributed by atoms with E-state index in [0.29, 0.717) is 23.9 Å². The molecule has 330 valence electrons. The van der Waals surface area contributed by atoms with Crippen LogP contribution in [-0.2, 0) is 18.4 Å². The molecule has 0 aromatic rings. The molecule has 0 aliphatic carbocycles. The van der Waals surface area contributed by atoms with E-state index in [1.54, 1.807) is 6.08 Å². The van der Waals surface area contributed by atoms with E-state index < -0.39 is 26.6 Å². The zero-order chi connectivity index (χ0) is 42.1. The molecule has 0 bridgehead atoms. The maximum atomic E-state index is 12.9. The van der Waals surface area contributed by atoms with Gasteiger partial charge in [0, 0.05) is 6.42 Å². The van der Waals surface area contributed by atoms with Crippen molar-refractivity contribution in [1.82, 2.24) is 5.32 Å². The molecule has 0 spiro atoms. The molecule has 0 aliphatic rings. The number of phosphoric ester groups is 1. The Hall–Kier alpha value is -2.06. The van der Waals surface area contributed by atoms with Gasteiger partial charge in [-0.05, 0) is 64.2 Å². The van der Waals surface area contributed by atoms with Crippen LogP contribution in [0, 0.1) is 0 Å². The number of amides is 1. The van der Waals surface area contributed by atoms with E-state index >= 15 is 0 Å². The molecule has 0 aromatic heterocycles. The number of allylic oxidation sites excluding steroid dienone is 11. The Morgan fingerprint density at radius 1 is 0.632 bits per heavy atom. The second-order valence-electron chi connectivity index (χ2n) is 16.4. The fraction of sp³-hybridized carbons (Fsp3) is 0.729. The Bertz CT molecular complexity index is 1160. The number of unbranched alkanes of at least 4 members (excludes halogenated alkanes) is 17. The van der Waals surface area contributed by atoms with Gasteiger partial charge in [0.2, 0.25) is 5.91 Å². The lowest BCUT2D eigenvalue weighted by atomic mass is 10.0. The molecule has 3 unspecified atom stereocenters. The number of likely N-dealkylation sites (N-methyl/N-ethyl adjacent to an activating group) is 1. The summed E-state index contributed by atoms with van der Waals surface area (Å²) in [5, 5.41) is 13.8. The molecule has 0 rings (SSSR count). The quantitative estimate of drug-likeness (QED) is 0.0276. The summed E-state index contributed by atoms with van der Waals surface area (Å²) in [6.45, 7) is 4.49. The number of phosphoric acid groups is 1. The van der Waals surface area contributed by atoms with Crippen LogP contribution < -0.4 is 10.2 Å². The molecule has 0 heterocycles. The molecule has 9 heteroatoms. The maximum absolute atomic E-state index is 12.9. The average molecular weight is 819 g/mol. The predicted octanol–water partition coefficient (Wildman–Crippen LogP) is 12.2. The summed E-state index contributed by atoms with van der Waals surface area (Å²) in [4.78, 5) is 25.3. The average Bonchev–Trinajstić information content (AvgIpc) is 3.16. The lowest BCUT2D eigenvalue weighted by Gasteiger charge is -2.29. The van der Waals surface area contributed by atoms with Crippen molar-refractivity contribution in [3.05, 3.63) is 72.9 Å². The van der Waals surface area contributed by atoms with E-state index in [0.717, 1.165) is 70.6 Å². The van der Waals surface area contributed by atoms with Crippen molar-refractivity contribution in [2.75, 3.05) is 40.9 Å². The fourth-order valence-electron chi connectivity index (χ4n) is 6.06. The van der Waals surface area contributed by atoms with Gasteiger partial charge in [-0.3, -0.25) is 9.36 Å². The topological polar surface area (TPSA) is 108 Å². The maximum Gasteiger partial charge on any atom is 0.268 e. The molecule has 2 N–H and O–H groups in total. The Morgan fingerprint density at radius 3 is 1.56 bits per heavy atom. The van der Waals surface area contributed by atoms with Crippen molar-refractivity contribution in [2.45, 2.75) is 187 Å². The van der Waals surface area contributed by atoms with Gasteiger partial charge in [-0.2, -0.15) is 0 Å². The third kappa shape index (κ3) is 41.9. The second-order valence-corrected chi connectivity index (χ2v) is 17.8. The van der Waals surface area contributed by atoms with Gasteiger partial charge < -0.3 is 28.8 Å². The monoisotopic (exact) mass is 819 g/mol. The van der Waals surface area contributed by atoms with Crippen LogP contribution in [0.3, 0.4) is 0 Å². The third-order valence-electron chi connectivity index (χ3n) is 9.67. The van der Waals surface area contributed by atoms with Crippen molar-refractivity contribution in [3.8, 4) is 0 Å². The molecule has 3 atom stereocenters. The van der Waals surface area contributed by atoms with Crippen molar-refractivity contribution in [3.63, 3.8) is 0 Å². The molecule has 1 amide bonds. The Morgan fingerprint density at radius 2 is 1.07 bits per heavy atom. The van der Waals surface area contributed by atoms with Crippen LogP contribution in [0.1, 0.15) is 174 Å². The van der Waals surface area contributed by atoms with Crippen LogP contribution in [-0.4, -0.2) is 68.5 Å². The molecule has 0 saturated heterocycles. The molecule has 0 radical (unpaired) electrons. The van der Waals surface area contributed by atoms with E-state index in [1.165, 1.54) is 77.0 Å². The van der Waals surface area contributed by atoms with Crippen LogP contribution in [0.4, 0.5) is 0 Å². The summed E-state index contributed by atoms with van der Waals surface area (Å²) in [7, 11) is 1.23. The lowest BCUT2D eigenvalue weighted by Crippen LogP contribution is -2.45.